The van der Waals surface area contributed by atoms with Crippen LogP contribution in [0.4, 0.5) is 20.2 Å². The van der Waals surface area contributed by atoms with E-state index in [0.29, 0.717) is 16.9 Å². The fourth-order valence-electron chi connectivity index (χ4n) is 2.07. The van der Waals surface area contributed by atoms with E-state index in [2.05, 4.69) is 10.6 Å². The molecule has 2 aromatic rings. The Morgan fingerprint density at radius 2 is 1.91 bits per heavy atom. The largest absolute Gasteiger partial charge is 0.387 e. The van der Waals surface area contributed by atoms with E-state index in [9.17, 15) is 13.6 Å². The first-order chi connectivity index (χ1) is 10.5. The zero-order chi connectivity index (χ0) is 16.1. The Kier molecular flexibility index (Phi) is 5.06. The lowest BCUT2D eigenvalue weighted by atomic mass is 10.1. The molecule has 0 fully saturated rings. The van der Waals surface area contributed by atoms with Gasteiger partial charge in [-0.2, -0.15) is 0 Å². The van der Waals surface area contributed by atoms with Gasteiger partial charge in [-0.15, -0.1) is 0 Å². The summed E-state index contributed by atoms with van der Waals surface area (Å²) in [6.07, 6.45) is 0. The molecule has 0 aliphatic rings. The van der Waals surface area contributed by atoms with Gasteiger partial charge >= 0.3 is 0 Å². The molecule has 2 rings (SSSR count). The van der Waals surface area contributed by atoms with Crippen LogP contribution in [0.15, 0.2) is 42.5 Å². The summed E-state index contributed by atoms with van der Waals surface area (Å²) >= 11 is 0. The van der Waals surface area contributed by atoms with Crippen molar-refractivity contribution in [3.8, 4) is 0 Å². The minimum absolute atomic E-state index is 0.339. The van der Waals surface area contributed by atoms with Crippen molar-refractivity contribution in [1.29, 1.82) is 0 Å². The molecule has 3 N–H and O–H groups in total. The van der Waals surface area contributed by atoms with Crippen LogP contribution in [0, 0.1) is 11.6 Å². The molecule has 0 aromatic heterocycles. The van der Waals surface area contributed by atoms with Gasteiger partial charge in [0.2, 0.25) is 5.91 Å². The first-order valence-corrected chi connectivity index (χ1v) is 6.72. The van der Waals surface area contributed by atoms with Crippen LogP contribution in [0.3, 0.4) is 0 Å². The fourth-order valence-corrected chi connectivity index (χ4v) is 2.07. The molecule has 4 nitrogen and oxygen atoms in total. The molecule has 22 heavy (non-hydrogen) atoms. The Morgan fingerprint density at radius 3 is 2.59 bits per heavy atom. The molecule has 116 valence electrons. The maximum atomic E-state index is 13.7. The highest BCUT2D eigenvalue weighted by molar-refractivity contribution is 5.91. The van der Waals surface area contributed by atoms with Crippen LogP contribution >= 0.6 is 0 Å². The topological polar surface area (TPSA) is 61.4 Å². The van der Waals surface area contributed by atoms with Crippen LogP contribution < -0.4 is 10.6 Å². The SMILES string of the molecule is CC(Nc1cccc(NC(=O)CO)c1)c1ccc(F)cc1F. The Morgan fingerprint density at radius 1 is 1.18 bits per heavy atom. The van der Waals surface area contributed by atoms with E-state index in [1.54, 1.807) is 31.2 Å². The monoisotopic (exact) mass is 306 g/mol. The number of benzene rings is 2. The minimum atomic E-state index is -0.623. The molecule has 1 unspecified atom stereocenters. The van der Waals surface area contributed by atoms with Crippen molar-refractivity contribution in [2.75, 3.05) is 17.2 Å². The highest BCUT2D eigenvalue weighted by Gasteiger charge is 2.12. The highest BCUT2D eigenvalue weighted by atomic mass is 19.1. The van der Waals surface area contributed by atoms with E-state index < -0.39 is 24.1 Å². The normalized spacial score (nSPS) is 11.8. The summed E-state index contributed by atoms with van der Waals surface area (Å²) in [5.41, 5.74) is 1.51. The molecule has 0 spiro atoms. The zero-order valence-corrected chi connectivity index (χ0v) is 11.9. The van der Waals surface area contributed by atoms with Gasteiger partial charge in [0.05, 0.1) is 6.04 Å². The van der Waals surface area contributed by atoms with Gasteiger partial charge in [-0.1, -0.05) is 12.1 Å². The smallest absolute Gasteiger partial charge is 0.250 e. The number of anilines is 2. The van der Waals surface area contributed by atoms with E-state index in [1.165, 1.54) is 12.1 Å². The molecule has 0 heterocycles. The Balaban J connectivity index is 2.12. The molecule has 1 atom stereocenters. The van der Waals surface area contributed by atoms with Crippen LogP contribution in [0.1, 0.15) is 18.5 Å². The second-order valence-electron chi connectivity index (χ2n) is 4.82. The van der Waals surface area contributed by atoms with Crippen molar-refractivity contribution in [3.63, 3.8) is 0 Å². The number of hydrogen-bond donors (Lipinski definition) is 3. The van der Waals surface area contributed by atoms with Crippen molar-refractivity contribution < 1.29 is 18.7 Å². The molecular formula is C16H16F2N2O2. The third-order valence-corrected chi connectivity index (χ3v) is 3.10. The molecule has 0 saturated heterocycles. The van der Waals surface area contributed by atoms with Gasteiger partial charge in [0, 0.05) is 23.0 Å². The van der Waals surface area contributed by atoms with Gasteiger partial charge in [-0.3, -0.25) is 4.79 Å². The molecule has 0 saturated carbocycles. The number of hydrogen-bond acceptors (Lipinski definition) is 3. The lowest BCUT2D eigenvalue weighted by Gasteiger charge is -2.17. The molecule has 0 radical (unpaired) electrons. The standard InChI is InChI=1S/C16H16F2N2O2/c1-10(14-6-5-11(17)7-15(14)18)19-12-3-2-4-13(8-12)20-16(22)9-21/h2-8,10,19,21H,9H2,1H3,(H,20,22). The quantitative estimate of drug-likeness (QED) is 0.795. The number of carbonyl (C=O) groups is 1. The molecule has 1 amide bonds. The molecule has 0 bridgehead atoms. The second-order valence-corrected chi connectivity index (χ2v) is 4.82. The second kappa shape index (κ2) is 7.00. The van der Waals surface area contributed by atoms with E-state index in [0.717, 1.165) is 6.07 Å². The van der Waals surface area contributed by atoms with Gasteiger partial charge < -0.3 is 15.7 Å². The van der Waals surface area contributed by atoms with E-state index in [4.69, 9.17) is 5.11 Å². The zero-order valence-electron chi connectivity index (χ0n) is 11.9. The lowest BCUT2D eigenvalue weighted by Crippen LogP contribution is -2.15. The average molecular weight is 306 g/mol. The van der Waals surface area contributed by atoms with Crippen molar-refractivity contribution >= 4 is 17.3 Å². The molecule has 2 aromatic carbocycles. The van der Waals surface area contributed by atoms with E-state index >= 15 is 0 Å². The van der Waals surface area contributed by atoms with Crippen LogP contribution in [-0.2, 0) is 4.79 Å². The number of nitrogens with one attached hydrogen (secondary N) is 2. The maximum Gasteiger partial charge on any atom is 0.250 e. The van der Waals surface area contributed by atoms with Crippen LogP contribution in [0.25, 0.3) is 0 Å². The Bertz CT molecular complexity index is 677. The van der Waals surface area contributed by atoms with Crippen molar-refractivity contribution in [2.24, 2.45) is 0 Å². The van der Waals surface area contributed by atoms with Crippen LogP contribution in [-0.4, -0.2) is 17.6 Å². The fraction of sp³-hybridized carbons (Fsp3) is 0.188. The summed E-state index contributed by atoms with van der Waals surface area (Å²) in [6, 6.07) is 9.84. The Labute approximate surface area is 126 Å². The number of rotatable bonds is 5. The summed E-state index contributed by atoms with van der Waals surface area (Å²) in [5, 5.41) is 14.3. The van der Waals surface area contributed by atoms with Gasteiger partial charge in [0.25, 0.3) is 0 Å². The maximum absolute atomic E-state index is 13.7. The van der Waals surface area contributed by atoms with Crippen LogP contribution in [0.2, 0.25) is 0 Å². The predicted molar refractivity (Wildman–Crippen MR) is 80.6 cm³/mol. The number of aliphatic hydroxyl groups excluding tert-OH is 1. The Hall–Kier alpha value is -2.47. The van der Waals surface area contributed by atoms with Gasteiger partial charge in [-0.05, 0) is 31.2 Å². The van der Waals surface area contributed by atoms with Crippen molar-refractivity contribution in [1.82, 2.24) is 0 Å². The third-order valence-electron chi connectivity index (χ3n) is 3.10. The first-order valence-electron chi connectivity index (χ1n) is 6.72. The van der Waals surface area contributed by atoms with Crippen molar-refractivity contribution in [2.45, 2.75) is 13.0 Å². The number of aliphatic hydroxyl groups is 1. The average Bonchev–Trinajstić information content (AvgIpc) is 2.47. The summed E-state index contributed by atoms with van der Waals surface area (Å²) in [6.45, 7) is 1.14. The van der Waals surface area contributed by atoms with E-state index in [-0.39, 0.29) is 6.04 Å². The predicted octanol–water partition coefficient (Wildman–Crippen LogP) is 3.07. The van der Waals surface area contributed by atoms with E-state index in [1.807, 2.05) is 0 Å². The molecular weight excluding hydrogens is 290 g/mol. The summed E-state index contributed by atoms with van der Waals surface area (Å²) in [4.78, 5) is 11.1. The number of halogens is 2. The lowest BCUT2D eigenvalue weighted by molar-refractivity contribution is -0.118. The summed E-state index contributed by atoms with van der Waals surface area (Å²) in [5.74, 6) is -1.76. The highest BCUT2D eigenvalue weighted by Crippen LogP contribution is 2.24. The van der Waals surface area contributed by atoms with Gasteiger partial charge in [0.1, 0.15) is 18.2 Å². The minimum Gasteiger partial charge on any atom is -0.387 e. The van der Waals surface area contributed by atoms with Gasteiger partial charge in [-0.25, -0.2) is 8.78 Å². The molecule has 6 heteroatoms. The van der Waals surface area contributed by atoms with Crippen molar-refractivity contribution in [3.05, 3.63) is 59.7 Å². The first kappa shape index (κ1) is 15.9. The van der Waals surface area contributed by atoms with Crippen LogP contribution in [0.5, 0.6) is 0 Å². The number of amides is 1. The summed E-state index contributed by atoms with van der Waals surface area (Å²) in [7, 11) is 0. The molecule has 0 aliphatic heterocycles. The third kappa shape index (κ3) is 4.02. The summed E-state index contributed by atoms with van der Waals surface area (Å²) < 4.78 is 26.7. The van der Waals surface area contributed by atoms with Gasteiger partial charge in [0.15, 0.2) is 0 Å². The molecule has 0 aliphatic carbocycles. The number of carbonyl (C=O) groups excluding carboxylic acids is 1.